The number of carbonyl (C=O) groups is 2. The first-order valence-electron chi connectivity index (χ1n) is 12.8. The summed E-state index contributed by atoms with van der Waals surface area (Å²) in [5, 5.41) is 3.33. The van der Waals surface area contributed by atoms with Crippen molar-refractivity contribution in [3.63, 3.8) is 0 Å². The molecule has 0 radical (unpaired) electrons. The molecular weight excluding hydrogens is 589 g/mol. The minimum absolute atomic E-state index is 0.110. The average Bonchev–Trinajstić information content (AvgIpc) is 2.95. The predicted molar refractivity (Wildman–Crippen MR) is 160 cm³/mol. The van der Waals surface area contributed by atoms with Crippen LogP contribution in [0.5, 0.6) is 11.5 Å². The minimum Gasteiger partial charge on any atom is -0.493 e. The van der Waals surface area contributed by atoms with Gasteiger partial charge in [0.25, 0.3) is 10.0 Å². The fourth-order valence-electron chi connectivity index (χ4n) is 4.10. The van der Waals surface area contributed by atoms with Gasteiger partial charge in [0.05, 0.1) is 24.8 Å². The van der Waals surface area contributed by atoms with E-state index in [0.717, 1.165) is 9.87 Å². The Balaban J connectivity index is 2.10. The molecule has 0 saturated heterocycles. The lowest BCUT2D eigenvalue weighted by atomic mass is 10.1. The number of likely N-dealkylation sites (N-methyl/N-ethyl adjacent to an activating group) is 1. The molecule has 9 nitrogen and oxygen atoms in total. The van der Waals surface area contributed by atoms with Crippen molar-refractivity contribution in [3.8, 4) is 11.5 Å². The minimum atomic E-state index is -4.30. The molecule has 3 rings (SSSR count). The third-order valence-electron chi connectivity index (χ3n) is 6.45. The summed E-state index contributed by atoms with van der Waals surface area (Å²) in [6.45, 7) is 4.81. The third kappa shape index (κ3) is 7.44. The smallest absolute Gasteiger partial charge is 0.264 e. The van der Waals surface area contributed by atoms with E-state index in [1.807, 2.05) is 6.92 Å². The lowest BCUT2D eigenvalue weighted by molar-refractivity contribution is -0.139. The molecule has 0 aliphatic heterocycles. The van der Waals surface area contributed by atoms with Crippen molar-refractivity contribution < 1.29 is 27.5 Å². The summed E-state index contributed by atoms with van der Waals surface area (Å²) in [6.07, 6.45) is 0. The van der Waals surface area contributed by atoms with Gasteiger partial charge in [-0.2, -0.15) is 0 Å². The summed E-state index contributed by atoms with van der Waals surface area (Å²) in [6, 6.07) is 14.9. The van der Waals surface area contributed by atoms with Crippen LogP contribution in [0.3, 0.4) is 0 Å². The van der Waals surface area contributed by atoms with E-state index in [0.29, 0.717) is 27.9 Å². The highest BCUT2D eigenvalue weighted by Crippen LogP contribution is 2.33. The Labute approximate surface area is 251 Å². The van der Waals surface area contributed by atoms with Crippen LogP contribution in [-0.4, -0.2) is 58.5 Å². The molecule has 0 saturated carbocycles. The van der Waals surface area contributed by atoms with E-state index >= 15 is 0 Å². The van der Waals surface area contributed by atoms with Crippen molar-refractivity contribution in [1.29, 1.82) is 0 Å². The lowest BCUT2D eigenvalue weighted by Gasteiger charge is -2.32. The van der Waals surface area contributed by atoms with Gasteiger partial charge in [-0.1, -0.05) is 47.0 Å². The first-order chi connectivity index (χ1) is 19.4. The summed E-state index contributed by atoms with van der Waals surface area (Å²) >= 11 is 12.8. The van der Waals surface area contributed by atoms with E-state index in [1.165, 1.54) is 37.3 Å². The SMILES string of the molecule is CCNC(=O)[C@@H](C)N(Cc1c(Cl)cccc1Cl)C(=O)CN(c1ccc(C)cc1)S(=O)(=O)c1ccc(OC)c(OC)c1. The van der Waals surface area contributed by atoms with Crippen LogP contribution < -0.4 is 19.1 Å². The van der Waals surface area contributed by atoms with Crippen molar-refractivity contribution in [2.75, 3.05) is 31.6 Å². The third-order valence-corrected chi connectivity index (χ3v) is 8.93. The van der Waals surface area contributed by atoms with Gasteiger partial charge in [-0.25, -0.2) is 8.42 Å². The molecule has 220 valence electrons. The molecule has 0 spiro atoms. The second kappa shape index (κ2) is 13.9. The molecule has 3 aromatic carbocycles. The van der Waals surface area contributed by atoms with Crippen LogP contribution in [0.25, 0.3) is 0 Å². The molecule has 0 fully saturated rings. The molecule has 1 N–H and O–H groups in total. The van der Waals surface area contributed by atoms with Gasteiger partial charge in [0.2, 0.25) is 11.8 Å². The van der Waals surface area contributed by atoms with Crippen molar-refractivity contribution in [1.82, 2.24) is 10.2 Å². The van der Waals surface area contributed by atoms with E-state index in [4.69, 9.17) is 32.7 Å². The normalized spacial score (nSPS) is 11.9. The number of ether oxygens (including phenoxy) is 2. The van der Waals surface area contributed by atoms with Gasteiger partial charge in [0.15, 0.2) is 11.5 Å². The molecule has 41 heavy (non-hydrogen) atoms. The maximum atomic E-state index is 14.1. The molecule has 0 aliphatic carbocycles. The van der Waals surface area contributed by atoms with Crippen LogP contribution >= 0.6 is 23.2 Å². The van der Waals surface area contributed by atoms with E-state index in [9.17, 15) is 18.0 Å². The highest BCUT2D eigenvalue weighted by molar-refractivity contribution is 7.92. The number of anilines is 1. The fraction of sp³-hybridized carbons (Fsp3) is 0.310. The number of aryl methyl sites for hydroxylation is 1. The number of amides is 2. The number of sulfonamides is 1. The lowest BCUT2D eigenvalue weighted by Crippen LogP contribution is -2.51. The molecule has 0 unspecified atom stereocenters. The number of nitrogens with zero attached hydrogens (tertiary/aromatic N) is 2. The zero-order chi connectivity index (χ0) is 30.3. The van der Waals surface area contributed by atoms with Crippen molar-refractivity contribution in [2.45, 2.75) is 38.3 Å². The van der Waals surface area contributed by atoms with Gasteiger partial charge < -0.3 is 19.7 Å². The summed E-state index contributed by atoms with van der Waals surface area (Å²) in [7, 11) is -1.46. The Morgan fingerprint density at radius 1 is 0.951 bits per heavy atom. The van der Waals surface area contributed by atoms with Crippen LogP contribution in [0.4, 0.5) is 5.69 Å². The van der Waals surface area contributed by atoms with Crippen molar-refractivity contribution in [2.24, 2.45) is 0 Å². The first-order valence-corrected chi connectivity index (χ1v) is 15.0. The standard InChI is InChI=1S/C29H33Cl2N3O6S/c1-6-32-29(36)20(3)33(17-23-24(30)8-7-9-25(23)31)28(35)18-34(21-12-10-19(2)11-13-21)41(37,38)22-14-15-26(39-4)27(16-22)40-5/h7-16,20H,6,17-18H2,1-5H3,(H,32,36)/t20-/m1/s1. The molecule has 0 bridgehead atoms. The number of rotatable bonds is 12. The van der Waals surface area contributed by atoms with Crippen molar-refractivity contribution >= 4 is 50.7 Å². The summed E-state index contributed by atoms with van der Waals surface area (Å²) in [5.41, 5.74) is 1.61. The summed E-state index contributed by atoms with van der Waals surface area (Å²) in [5.74, 6) is -0.482. The fourth-order valence-corrected chi connectivity index (χ4v) is 6.05. The number of methoxy groups -OCH3 is 2. The Kier molecular flexibility index (Phi) is 10.9. The molecule has 2 amide bonds. The van der Waals surface area contributed by atoms with Gasteiger partial charge in [-0.05, 0) is 57.2 Å². The Morgan fingerprint density at radius 2 is 1.56 bits per heavy atom. The summed E-state index contributed by atoms with van der Waals surface area (Å²) in [4.78, 5) is 28.0. The van der Waals surface area contributed by atoms with E-state index < -0.39 is 34.4 Å². The maximum Gasteiger partial charge on any atom is 0.264 e. The first kappa shape index (κ1) is 32.0. The monoisotopic (exact) mass is 621 g/mol. The van der Waals surface area contributed by atoms with Crippen LogP contribution in [0, 0.1) is 6.92 Å². The summed E-state index contributed by atoms with van der Waals surface area (Å²) < 4.78 is 39.7. The predicted octanol–water partition coefficient (Wildman–Crippen LogP) is 5.07. The quantitative estimate of drug-likeness (QED) is 0.303. The number of halogens is 2. The largest absolute Gasteiger partial charge is 0.493 e. The molecule has 0 aliphatic rings. The number of carbonyl (C=O) groups excluding carboxylic acids is 2. The van der Waals surface area contributed by atoms with Gasteiger partial charge in [-0.15, -0.1) is 0 Å². The van der Waals surface area contributed by atoms with Gasteiger partial charge in [-0.3, -0.25) is 13.9 Å². The van der Waals surface area contributed by atoms with Crippen LogP contribution in [0.2, 0.25) is 10.0 Å². The van der Waals surface area contributed by atoms with Crippen LogP contribution in [0.15, 0.2) is 65.6 Å². The van der Waals surface area contributed by atoms with E-state index in [1.54, 1.807) is 56.3 Å². The highest BCUT2D eigenvalue weighted by atomic mass is 35.5. The van der Waals surface area contributed by atoms with Crippen molar-refractivity contribution in [3.05, 3.63) is 81.8 Å². The van der Waals surface area contributed by atoms with Crippen LogP contribution in [-0.2, 0) is 26.2 Å². The molecular formula is C29H33Cl2N3O6S. The van der Waals surface area contributed by atoms with Gasteiger partial charge >= 0.3 is 0 Å². The molecule has 3 aromatic rings. The number of hydrogen-bond donors (Lipinski definition) is 1. The second-order valence-corrected chi connectivity index (χ2v) is 11.8. The Morgan fingerprint density at radius 3 is 2.12 bits per heavy atom. The average molecular weight is 623 g/mol. The zero-order valence-electron chi connectivity index (χ0n) is 23.5. The van der Waals surface area contributed by atoms with E-state index in [2.05, 4.69) is 5.32 Å². The van der Waals surface area contributed by atoms with Crippen LogP contribution in [0.1, 0.15) is 25.0 Å². The Hall–Kier alpha value is -3.47. The molecule has 1 atom stereocenters. The zero-order valence-corrected chi connectivity index (χ0v) is 25.8. The molecule has 12 heteroatoms. The Bertz CT molecular complexity index is 1480. The molecule has 0 heterocycles. The molecule has 0 aromatic heterocycles. The maximum absolute atomic E-state index is 14.1. The highest BCUT2D eigenvalue weighted by Gasteiger charge is 2.33. The second-order valence-electron chi connectivity index (χ2n) is 9.16. The van der Waals surface area contributed by atoms with Gasteiger partial charge in [0.1, 0.15) is 12.6 Å². The van der Waals surface area contributed by atoms with Gasteiger partial charge in [0, 0.05) is 34.8 Å². The number of benzene rings is 3. The topological polar surface area (TPSA) is 105 Å². The number of hydrogen-bond acceptors (Lipinski definition) is 6. The van der Waals surface area contributed by atoms with E-state index in [-0.39, 0.29) is 22.9 Å². The number of nitrogens with one attached hydrogen (secondary N) is 1.